The van der Waals surface area contributed by atoms with Gasteiger partial charge in [0, 0.05) is 6.61 Å². The molecule has 0 aromatic heterocycles. The van der Waals surface area contributed by atoms with Crippen molar-refractivity contribution in [2.45, 2.75) is 32.4 Å². The predicted molar refractivity (Wildman–Crippen MR) is 70.5 cm³/mol. The molecule has 1 aromatic rings. The van der Waals surface area contributed by atoms with E-state index in [1.165, 1.54) is 5.56 Å². The number of rotatable bonds is 7. The molecule has 0 saturated carbocycles. The predicted octanol–water partition coefficient (Wildman–Crippen LogP) is 2.77. The Balaban J connectivity index is 2.83. The van der Waals surface area contributed by atoms with E-state index >= 15 is 0 Å². The van der Waals surface area contributed by atoms with Crippen molar-refractivity contribution >= 4 is 0 Å². The van der Waals surface area contributed by atoms with Crippen LogP contribution in [-0.4, -0.2) is 26.9 Å². The maximum atomic E-state index is 5.76. The van der Waals surface area contributed by atoms with Gasteiger partial charge in [-0.25, -0.2) is 0 Å². The van der Waals surface area contributed by atoms with E-state index in [0.717, 1.165) is 18.8 Å². The molecule has 0 saturated heterocycles. The Kier molecular flexibility index (Phi) is 6.01. The van der Waals surface area contributed by atoms with Crippen LogP contribution >= 0.6 is 0 Å². The van der Waals surface area contributed by atoms with Crippen LogP contribution in [0.5, 0.6) is 5.75 Å². The second-order valence-corrected chi connectivity index (χ2v) is 3.94. The maximum Gasteiger partial charge on any atom is 0.118 e. The molecule has 0 bridgehead atoms. The summed E-state index contributed by atoms with van der Waals surface area (Å²) in [5, 5.41) is 3.33. The number of nitrogens with one attached hydrogen (secondary N) is 1. The summed E-state index contributed by atoms with van der Waals surface area (Å²) < 4.78 is 10.9. The quantitative estimate of drug-likeness (QED) is 0.791. The molecule has 3 nitrogen and oxygen atoms in total. The van der Waals surface area contributed by atoms with Gasteiger partial charge < -0.3 is 14.8 Å². The Morgan fingerprint density at radius 3 is 2.24 bits per heavy atom. The molecule has 0 heterocycles. The summed E-state index contributed by atoms with van der Waals surface area (Å²) in [5.41, 5.74) is 1.23. The average molecular weight is 237 g/mol. The van der Waals surface area contributed by atoms with Gasteiger partial charge in [0.2, 0.25) is 0 Å². The molecule has 96 valence electrons. The molecule has 0 fully saturated rings. The van der Waals surface area contributed by atoms with E-state index < -0.39 is 0 Å². The minimum atomic E-state index is 0.207. The molecule has 17 heavy (non-hydrogen) atoms. The molecule has 1 rings (SSSR count). The third kappa shape index (κ3) is 3.72. The first-order valence-electron chi connectivity index (χ1n) is 6.19. The minimum absolute atomic E-state index is 0.207. The van der Waals surface area contributed by atoms with Gasteiger partial charge in [-0.1, -0.05) is 19.1 Å². The number of ether oxygens (including phenoxy) is 2. The SMILES string of the molecule is CCOC(CC)C(NC)c1ccc(OC)cc1. The highest BCUT2D eigenvalue weighted by Crippen LogP contribution is 2.23. The van der Waals surface area contributed by atoms with Gasteiger partial charge in [-0.15, -0.1) is 0 Å². The van der Waals surface area contributed by atoms with Crippen molar-refractivity contribution in [1.82, 2.24) is 5.32 Å². The molecule has 0 spiro atoms. The summed E-state index contributed by atoms with van der Waals surface area (Å²) >= 11 is 0. The topological polar surface area (TPSA) is 30.5 Å². The first-order valence-corrected chi connectivity index (χ1v) is 6.19. The van der Waals surface area contributed by atoms with Crippen LogP contribution in [0.2, 0.25) is 0 Å². The Morgan fingerprint density at radius 1 is 1.18 bits per heavy atom. The number of hydrogen-bond donors (Lipinski definition) is 1. The van der Waals surface area contributed by atoms with Crippen molar-refractivity contribution in [3.8, 4) is 5.75 Å². The molecule has 0 radical (unpaired) electrons. The summed E-state index contributed by atoms with van der Waals surface area (Å²) in [6.45, 7) is 4.92. The lowest BCUT2D eigenvalue weighted by Crippen LogP contribution is -2.31. The highest BCUT2D eigenvalue weighted by atomic mass is 16.5. The smallest absolute Gasteiger partial charge is 0.118 e. The number of benzene rings is 1. The number of hydrogen-bond acceptors (Lipinski definition) is 3. The zero-order valence-corrected chi connectivity index (χ0v) is 11.2. The van der Waals surface area contributed by atoms with Gasteiger partial charge in [-0.2, -0.15) is 0 Å². The van der Waals surface area contributed by atoms with Gasteiger partial charge in [0.1, 0.15) is 5.75 Å². The van der Waals surface area contributed by atoms with Gasteiger partial charge in [-0.05, 0) is 38.1 Å². The van der Waals surface area contributed by atoms with E-state index in [4.69, 9.17) is 9.47 Å². The largest absolute Gasteiger partial charge is 0.497 e. The summed E-state index contributed by atoms with van der Waals surface area (Å²) in [7, 11) is 3.65. The van der Waals surface area contributed by atoms with Crippen LogP contribution in [0.25, 0.3) is 0 Å². The molecule has 2 atom stereocenters. The molecule has 3 heteroatoms. The Bertz CT molecular complexity index is 311. The molecule has 1 aromatic carbocycles. The van der Waals surface area contributed by atoms with E-state index in [0.29, 0.717) is 0 Å². The highest BCUT2D eigenvalue weighted by molar-refractivity contribution is 5.29. The monoisotopic (exact) mass is 237 g/mol. The first-order chi connectivity index (χ1) is 8.26. The molecule has 0 aliphatic heterocycles. The van der Waals surface area contributed by atoms with Crippen molar-refractivity contribution in [1.29, 1.82) is 0 Å². The molecule has 2 unspecified atom stereocenters. The molecular weight excluding hydrogens is 214 g/mol. The maximum absolute atomic E-state index is 5.76. The van der Waals surface area contributed by atoms with Crippen LogP contribution in [0.3, 0.4) is 0 Å². The van der Waals surface area contributed by atoms with Gasteiger partial charge in [-0.3, -0.25) is 0 Å². The molecule has 0 aliphatic carbocycles. The lowest BCUT2D eigenvalue weighted by atomic mass is 9.99. The molecule has 0 amide bonds. The number of likely N-dealkylation sites (N-methyl/N-ethyl adjacent to an activating group) is 1. The van der Waals surface area contributed by atoms with E-state index in [9.17, 15) is 0 Å². The van der Waals surface area contributed by atoms with Crippen LogP contribution in [0.4, 0.5) is 0 Å². The third-order valence-corrected chi connectivity index (χ3v) is 2.94. The van der Waals surface area contributed by atoms with Crippen molar-refractivity contribution in [2.24, 2.45) is 0 Å². The Hall–Kier alpha value is -1.06. The normalized spacial score (nSPS) is 14.4. The van der Waals surface area contributed by atoms with Gasteiger partial charge in [0.05, 0.1) is 19.3 Å². The van der Waals surface area contributed by atoms with E-state index in [1.54, 1.807) is 7.11 Å². The fourth-order valence-electron chi connectivity index (χ4n) is 2.04. The molecule has 0 aliphatic rings. The van der Waals surface area contributed by atoms with Crippen LogP contribution in [0.1, 0.15) is 31.9 Å². The molecular formula is C14H23NO2. The van der Waals surface area contributed by atoms with Crippen molar-refractivity contribution in [3.05, 3.63) is 29.8 Å². The zero-order valence-electron chi connectivity index (χ0n) is 11.2. The summed E-state index contributed by atoms with van der Waals surface area (Å²) in [6.07, 6.45) is 1.20. The zero-order chi connectivity index (χ0) is 12.7. The first kappa shape index (κ1) is 14.0. The van der Waals surface area contributed by atoms with Crippen LogP contribution in [0, 0.1) is 0 Å². The number of methoxy groups -OCH3 is 1. The summed E-state index contributed by atoms with van der Waals surface area (Å²) in [5.74, 6) is 0.882. The Morgan fingerprint density at radius 2 is 1.82 bits per heavy atom. The fourth-order valence-corrected chi connectivity index (χ4v) is 2.04. The average Bonchev–Trinajstić information content (AvgIpc) is 2.39. The lowest BCUT2D eigenvalue weighted by molar-refractivity contribution is 0.0334. The van der Waals surface area contributed by atoms with Gasteiger partial charge in [0.25, 0.3) is 0 Å². The van der Waals surface area contributed by atoms with Gasteiger partial charge in [0.15, 0.2) is 0 Å². The van der Waals surface area contributed by atoms with Crippen LogP contribution in [0.15, 0.2) is 24.3 Å². The lowest BCUT2D eigenvalue weighted by Gasteiger charge is -2.26. The minimum Gasteiger partial charge on any atom is -0.497 e. The summed E-state index contributed by atoms with van der Waals surface area (Å²) in [6, 6.07) is 8.37. The van der Waals surface area contributed by atoms with Gasteiger partial charge >= 0.3 is 0 Å². The van der Waals surface area contributed by atoms with Crippen LogP contribution in [-0.2, 0) is 4.74 Å². The fraction of sp³-hybridized carbons (Fsp3) is 0.571. The van der Waals surface area contributed by atoms with E-state index in [-0.39, 0.29) is 12.1 Å². The third-order valence-electron chi connectivity index (χ3n) is 2.94. The van der Waals surface area contributed by atoms with Crippen molar-refractivity contribution in [3.63, 3.8) is 0 Å². The van der Waals surface area contributed by atoms with Crippen molar-refractivity contribution in [2.75, 3.05) is 20.8 Å². The van der Waals surface area contributed by atoms with E-state index in [2.05, 4.69) is 24.4 Å². The second kappa shape index (κ2) is 7.30. The summed E-state index contributed by atoms with van der Waals surface area (Å²) in [4.78, 5) is 0. The second-order valence-electron chi connectivity index (χ2n) is 3.94. The highest BCUT2D eigenvalue weighted by Gasteiger charge is 2.20. The van der Waals surface area contributed by atoms with Crippen LogP contribution < -0.4 is 10.1 Å². The Labute approximate surface area is 104 Å². The standard InChI is InChI=1S/C14H23NO2/c1-5-13(17-6-2)14(15-3)11-7-9-12(16-4)10-8-11/h7-10,13-15H,5-6H2,1-4H3. The van der Waals surface area contributed by atoms with E-state index in [1.807, 2.05) is 26.1 Å². The van der Waals surface area contributed by atoms with Crippen molar-refractivity contribution < 1.29 is 9.47 Å². The molecule has 1 N–H and O–H groups in total.